The van der Waals surface area contributed by atoms with Gasteiger partial charge in [-0.3, -0.25) is 0 Å². The molecule has 3 aromatic rings. The van der Waals surface area contributed by atoms with Crippen LogP contribution in [0.25, 0.3) is 10.9 Å². The average Bonchev–Trinajstić information content (AvgIpc) is 2.74. The van der Waals surface area contributed by atoms with Gasteiger partial charge in [0.15, 0.2) is 6.17 Å². The van der Waals surface area contributed by atoms with Crippen molar-refractivity contribution < 1.29 is 18.7 Å². The van der Waals surface area contributed by atoms with Crippen molar-refractivity contribution in [2.45, 2.75) is 25.3 Å². The number of para-hydroxylation sites is 1. The highest BCUT2D eigenvalue weighted by Gasteiger charge is 2.34. The van der Waals surface area contributed by atoms with Gasteiger partial charge in [0, 0.05) is 18.4 Å². The highest BCUT2D eigenvalue weighted by molar-refractivity contribution is 6.29. The first kappa shape index (κ1) is 19.5. The molecule has 2 unspecified atom stereocenters. The second-order valence-electron chi connectivity index (χ2n) is 6.91. The molecule has 0 saturated carbocycles. The molecule has 1 aromatic heterocycles. The summed E-state index contributed by atoms with van der Waals surface area (Å²) in [5.74, 6) is 0.484. The van der Waals surface area contributed by atoms with Crippen LogP contribution < -0.4 is 4.74 Å². The van der Waals surface area contributed by atoms with E-state index in [1.54, 1.807) is 12.1 Å². The topological polar surface area (TPSA) is 51.7 Å². The summed E-state index contributed by atoms with van der Waals surface area (Å²) in [7, 11) is 0. The lowest BCUT2D eigenvalue weighted by atomic mass is 10.1. The van der Waals surface area contributed by atoms with E-state index in [-0.39, 0.29) is 13.2 Å². The minimum Gasteiger partial charge on any atom is -0.485 e. The fraction of sp³-hybridized carbons (Fsp3) is 0.273. The van der Waals surface area contributed by atoms with Crippen molar-refractivity contribution >= 4 is 28.6 Å². The molecular formula is C22H20ClFN2O3. The molecule has 2 atom stereocenters. The maximum absolute atomic E-state index is 14.8. The molecule has 0 aliphatic carbocycles. The number of rotatable bonds is 4. The summed E-state index contributed by atoms with van der Waals surface area (Å²) in [6.45, 7) is 0.449. The van der Waals surface area contributed by atoms with Crippen LogP contribution in [0.5, 0.6) is 5.75 Å². The van der Waals surface area contributed by atoms with E-state index in [2.05, 4.69) is 4.98 Å². The summed E-state index contributed by atoms with van der Waals surface area (Å²) in [6, 6.07) is 18.4. The molecule has 4 rings (SSSR count). The monoisotopic (exact) mass is 414 g/mol. The number of halogens is 2. The molecular weight excluding hydrogens is 395 g/mol. The van der Waals surface area contributed by atoms with Crippen LogP contribution >= 0.6 is 11.6 Å². The molecule has 0 spiro atoms. The highest BCUT2D eigenvalue weighted by atomic mass is 35.5. The van der Waals surface area contributed by atoms with E-state index >= 15 is 0 Å². The molecule has 7 heteroatoms. The lowest BCUT2D eigenvalue weighted by Gasteiger charge is -2.34. The molecule has 0 N–H and O–H groups in total. The minimum absolute atomic E-state index is 0.0722. The van der Waals surface area contributed by atoms with Gasteiger partial charge in [-0.15, -0.1) is 0 Å². The van der Waals surface area contributed by atoms with E-state index in [1.165, 1.54) is 4.90 Å². The average molecular weight is 415 g/mol. The van der Waals surface area contributed by atoms with Crippen molar-refractivity contribution in [1.82, 2.24) is 9.88 Å². The molecule has 1 fully saturated rings. The van der Waals surface area contributed by atoms with Crippen molar-refractivity contribution in [2.75, 3.05) is 13.1 Å². The van der Waals surface area contributed by atoms with E-state index in [0.717, 1.165) is 10.9 Å². The molecule has 2 aromatic carbocycles. The molecule has 1 aliphatic heterocycles. The maximum Gasteiger partial charge on any atom is 0.410 e. The minimum atomic E-state index is -1.33. The summed E-state index contributed by atoms with van der Waals surface area (Å²) < 4.78 is 26.0. The summed E-state index contributed by atoms with van der Waals surface area (Å²) in [6.07, 6.45) is -2.16. The number of carbonyl (C=O) groups is 1. The SMILES string of the molecule is O=C(OCc1ccccc1)N1CCC(Oc2cccc3ccc(Cl)nc23)C(F)C1. The number of piperidine rings is 1. The number of hydrogen-bond donors (Lipinski definition) is 0. The standard InChI is InChI=1S/C22H20ClFN2O3/c23-20-10-9-16-7-4-8-19(21(16)25-20)29-18-11-12-26(13-17(18)24)22(27)28-14-15-5-2-1-3-6-15/h1-10,17-18H,11-14H2. The van der Waals surface area contributed by atoms with Crippen molar-refractivity contribution in [3.63, 3.8) is 0 Å². The predicted molar refractivity (Wildman–Crippen MR) is 109 cm³/mol. The summed E-state index contributed by atoms with van der Waals surface area (Å²) in [4.78, 5) is 17.9. The number of pyridine rings is 1. The largest absolute Gasteiger partial charge is 0.485 e. The van der Waals surface area contributed by atoms with Crippen LogP contribution in [0.3, 0.4) is 0 Å². The second-order valence-corrected chi connectivity index (χ2v) is 7.30. The molecule has 0 radical (unpaired) electrons. The van der Waals surface area contributed by atoms with Crippen LogP contribution in [-0.4, -0.2) is 41.3 Å². The Morgan fingerprint density at radius 1 is 1.14 bits per heavy atom. The lowest BCUT2D eigenvalue weighted by molar-refractivity contribution is 0.0153. The van der Waals surface area contributed by atoms with Gasteiger partial charge in [0.1, 0.15) is 29.1 Å². The van der Waals surface area contributed by atoms with Gasteiger partial charge in [-0.25, -0.2) is 14.2 Å². The van der Waals surface area contributed by atoms with Gasteiger partial charge in [0.05, 0.1) is 6.54 Å². The Bertz CT molecular complexity index is 1000. The predicted octanol–water partition coefficient (Wildman–Crippen LogP) is 5.02. The quantitative estimate of drug-likeness (QED) is 0.563. The molecule has 29 heavy (non-hydrogen) atoms. The maximum atomic E-state index is 14.8. The Morgan fingerprint density at radius 3 is 2.76 bits per heavy atom. The van der Waals surface area contributed by atoms with Crippen LogP contribution in [0.15, 0.2) is 60.7 Å². The highest BCUT2D eigenvalue weighted by Crippen LogP contribution is 2.29. The van der Waals surface area contributed by atoms with Crippen LogP contribution in [0.1, 0.15) is 12.0 Å². The van der Waals surface area contributed by atoms with Crippen LogP contribution in [0, 0.1) is 0 Å². The Labute approximate surface area is 173 Å². The second kappa shape index (κ2) is 8.66. The molecule has 2 heterocycles. The van der Waals surface area contributed by atoms with Crippen LogP contribution in [-0.2, 0) is 11.3 Å². The molecule has 1 amide bonds. The van der Waals surface area contributed by atoms with Crippen molar-refractivity contribution in [1.29, 1.82) is 0 Å². The van der Waals surface area contributed by atoms with Crippen LogP contribution in [0.2, 0.25) is 5.15 Å². The van der Waals surface area contributed by atoms with Crippen molar-refractivity contribution in [3.8, 4) is 5.75 Å². The molecule has 1 saturated heterocycles. The first-order valence-electron chi connectivity index (χ1n) is 9.42. The first-order valence-corrected chi connectivity index (χ1v) is 9.79. The number of hydrogen-bond acceptors (Lipinski definition) is 4. The number of carbonyl (C=O) groups excluding carboxylic acids is 1. The third-order valence-corrected chi connectivity index (χ3v) is 5.08. The lowest BCUT2D eigenvalue weighted by Crippen LogP contribution is -2.49. The van der Waals surface area contributed by atoms with E-state index < -0.39 is 18.4 Å². The fourth-order valence-corrected chi connectivity index (χ4v) is 3.49. The number of alkyl halides is 1. The number of aromatic nitrogens is 1. The van der Waals surface area contributed by atoms with Gasteiger partial charge in [-0.05, 0) is 23.8 Å². The van der Waals surface area contributed by atoms with Gasteiger partial charge in [0.2, 0.25) is 0 Å². The van der Waals surface area contributed by atoms with Gasteiger partial charge in [-0.1, -0.05) is 54.1 Å². The number of likely N-dealkylation sites (tertiary alicyclic amines) is 1. The zero-order chi connectivity index (χ0) is 20.2. The summed E-state index contributed by atoms with van der Waals surface area (Å²) >= 11 is 5.99. The van der Waals surface area contributed by atoms with Crippen molar-refractivity contribution in [3.05, 3.63) is 71.4 Å². The first-order chi connectivity index (χ1) is 14.1. The fourth-order valence-electron chi connectivity index (χ4n) is 3.35. The Morgan fingerprint density at radius 2 is 1.97 bits per heavy atom. The molecule has 0 bridgehead atoms. The van der Waals surface area contributed by atoms with E-state index in [9.17, 15) is 9.18 Å². The van der Waals surface area contributed by atoms with Gasteiger partial charge in [0.25, 0.3) is 0 Å². The van der Waals surface area contributed by atoms with Crippen LogP contribution in [0.4, 0.5) is 9.18 Å². The zero-order valence-corrected chi connectivity index (χ0v) is 16.4. The third-order valence-electron chi connectivity index (χ3n) is 4.87. The van der Waals surface area contributed by atoms with Gasteiger partial charge in [-0.2, -0.15) is 0 Å². The van der Waals surface area contributed by atoms with Gasteiger partial charge < -0.3 is 14.4 Å². The Kier molecular flexibility index (Phi) is 5.81. The molecule has 5 nitrogen and oxygen atoms in total. The number of nitrogens with zero attached hydrogens (tertiary/aromatic N) is 2. The van der Waals surface area contributed by atoms with Crippen molar-refractivity contribution in [2.24, 2.45) is 0 Å². The third kappa shape index (κ3) is 4.59. The van der Waals surface area contributed by atoms with E-state index in [4.69, 9.17) is 21.1 Å². The molecule has 150 valence electrons. The summed E-state index contributed by atoms with van der Waals surface area (Å²) in [5, 5.41) is 1.21. The number of fused-ring (bicyclic) bond motifs is 1. The Balaban J connectivity index is 1.37. The smallest absolute Gasteiger partial charge is 0.410 e. The summed E-state index contributed by atoms with van der Waals surface area (Å²) in [5.41, 5.74) is 1.48. The van der Waals surface area contributed by atoms with Gasteiger partial charge >= 0.3 is 6.09 Å². The number of ether oxygens (including phenoxy) is 2. The Hall–Kier alpha value is -2.86. The number of amides is 1. The molecule has 1 aliphatic rings. The normalized spacial score (nSPS) is 19.2. The zero-order valence-electron chi connectivity index (χ0n) is 15.6. The van der Waals surface area contributed by atoms with E-state index in [1.807, 2.05) is 48.5 Å². The number of benzene rings is 2. The van der Waals surface area contributed by atoms with E-state index in [0.29, 0.717) is 29.4 Å².